The molecule has 0 saturated carbocycles. The fraction of sp³-hybridized carbons (Fsp3) is 0.429. The Balaban J connectivity index is 0.00000252. The third-order valence-electron chi connectivity index (χ3n) is 7.62. The molecule has 2 aromatic carbocycles. The van der Waals surface area contributed by atoms with E-state index in [0.29, 0.717) is 44.5 Å². The van der Waals surface area contributed by atoms with Gasteiger partial charge in [0.1, 0.15) is 24.7 Å². The highest BCUT2D eigenvalue weighted by Crippen LogP contribution is 2.37. The van der Waals surface area contributed by atoms with Crippen LogP contribution in [0.5, 0.6) is 11.5 Å². The van der Waals surface area contributed by atoms with Gasteiger partial charge in [-0.2, -0.15) is 0 Å². The highest BCUT2D eigenvalue weighted by molar-refractivity contribution is 5.73. The van der Waals surface area contributed by atoms with E-state index in [4.69, 9.17) is 19.2 Å². The van der Waals surface area contributed by atoms with Gasteiger partial charge in [0.15, 0.2) is 0 Å². The molecule has 8 heteroatoms. The highest BCUT2D eigenvalue weighted by Gasteiger charge is 2.33. The summed E-state index contributed by atoms with van der Waals surface area (Å²) < 4.78 is 18.1. The first-order valence-corrected chi connectivity index (χ1v) is 13.0. The molecule has 1 aliphatic carbocycles. The fourth-order valence-corrected chi connectivity index (χ4v) is 5.86. The quantitative estimate of drug-likeness (QED) is 0.534. The van der Waals surface area contributed by atoms with Gasteiger partial charge in [-0.05, 0) is 61.1 Å². The second-order valence-corrected chi connectivity index (χ2v) is 10.0. The van der Waals surface area contributed by atoms with E-state index in [1.165, 1.54) is 24.0 Å². The topological polar surface area (TPSA) is 80.8 Å². The minimum atomic E-state index is 0. The van der Waals surface area contributed by atoms with Crippen molar-refractivity contribution in [3.8, 4) is 22.8 Å². The Morgan fingerprint density at radius 1 is 0.889 bits per heavy atom. The smallest absolute Gasteiger partial charge is 0.227 e. The van der Waals surface area contributed by atoms with E-state index in [-0.39, 0.29) is 1.43 Å². The van der Waals surface area contributed by atoms with Crippen LogP contribution in [0.25, 0.3) is 11.3 Å². The predicted octanol–water partition coefficient (Wildman–Crippen LogP) is 3.96. The van der Waals surface area contributed by atoms with Crippen LogP contribution in [0.1, 0.15) is 25.4 Å². The van der Waals surface area contributed by atoms with E-state index in [2.05, 4.69) is 50.8 Å². The molecule has 1 aromatic heterocycles. The van der Waals surface area contributed by atoms with Crippen LogP contribution in [-0.2, 0) is 17.6 Å². The van der Waals surface area contributed by atoms with E-state index >= 15 is 0 Å². The summed E-state index contributed by atoms with van der Waals surface area (Å²) in [5.41, 5.74) is 6.59. The number of nitrogens with zero attached hydrogens (tertiary/aromatic N) is 3. The average Bonchev–Trinajstić information content (AvgIpc) is 3.25. The van der Waals surface area contributed by atoms with Crippen LogP contribution in [0.2, 0.25) is 0 Å². The zero-order chi connectivity index (χ0) is 23.9. The molecule has 7 rings (SSSR count). The van der Waals surface area contributed by atoms with E-state index in [1.54, 1.807) is 0 Å². The van der Waals surface area contributed by atoms with Gasteiger partial charge in [-0.25, -0.2) is 9.97 Å². The van der Waals surface area contributed by atoms with Crippen LogP contribution >= 0.6 is 0 Å². The Bertz CT molecular complexity index is 1280. The average molecular weight is 488 g/mol. The number of piperazine rings is 1. The van der Waals surface area contributed by atoms with Crippen LogP contribution in [0, 0.1) is 0 Å². The number of fused-ring (bicyclic) bond motifs is 6. The standard InChI is InChI=1S/C28H31N5O3.H2/c1-2-19-15-29-28-31-20-6-8-25(33-16-21-4-5-22(17-33)30-21)26(13-20)36-12-10-34-9-11-35-23-7-3-18(1)24(14-23)27(19)32-28;/h3,6-8,13-15,21-22,30H,1-2,4-5,9-12,16-17H2,(H,29,31,32);1H. The van der Waals surface area contributed by atoms with Crippen molar-refractivity contribution < 1.29 is 15.6 Å². The second kappa shape index (κ2) is 9.26. The van der Waals surface area contributed by atoms with Crippen LogP contribution in [0.3, 0.4) is 0 Å². The molecule has 0 spiro atoms. The van der Waals surface area contributed by atoms with Crippen LogP contribution < -0.4 is 25.0 Å². The van der Waals surface area contributed by atoms with Gasteiger partial charge in [-0.3, -0.25) is 0 Å². The van der Waals surface area contributed by atoms with Gasteiger partial charge in [0.25, 0.3) is 0 Å². The molecule has 4 heterocycles. The molecule has 8 bridgehead atoms. The van der Waals surface area contributed by atoms with Crippen molar-refractivity contribution in [3.63, 3.8) is 0 Å². The molecule has 3 aliphatic heterocycles. The summed E-state index contributed by atoms with van der Waals surface area (Å²) in [6.45, 7) is 3.99. The van der Waals surface area contributed by atoms with Gasteiger partial charge in [0, 0.05) is 50.1 Å². The van der Waals surface area contributed by atoms with Crippen molar-refractivity contribution in [2.75, 3.05) is 49.7 Å². The molecule has 0 radical (unpaired) electrons. The molecule has 3 aromatic rings. The lowest BCUT2D eigenvalue weighted by Crippen LogP contribution is -2.51. The molecular formula is C28H33N5O3. The Morgan fingerprint density at radius 3 is 2.61 bits per heavy atom. The monoisotopic (exact) mass is 487 g/mol. The second-order valence-electron chi connectivity index (χ2n) is 10.0. The molecule has 36 heavy (non-hydrogen) atoms. The maximum absolute atomic E-state index is 6.28. The number of rotatable bonds is 1. The number of nitrogens with one attached hydrogen (secondary N) is 2. The molecule has 4 aliphatic rings. The molecule has 188 valence electrons. The first kappa shape index (κ1) is 21.9. The predicted molar refractivity (Wildman–Crippen MR) is 141 cm³/mol. The van der Waals surface area contributed by atoms with Crippen molar-refractivity contribution in [1.82, 2.24) is 15.3 Å². The summed E-state index contributed by atoms with van der Waals surface area (Å²) in [5.74, 6) is 2.28. The van der Waals surface area contributed by atoms with Gasteiger partial charge in [-0.1, -0.05) is 6.07 Å². The third kappa shape index (κ3) is 4.24. The van der Waals surface area contributed by atoms with Crippen molar-refractivity contribution in [1.29, 1.82) is 0 Å². The molecule has 2 atom stereocenters. The number of hydrogen-bond donors (Lipinski definition) is 2. The van der Waals surface area contributed by atoms with E-state index in [0.717, 1.165) is 60.1 Å². The molecule has 2 N–H and O–H groups in total. The molecule has 2 saturated heterocycles. The van der Waals surface area contributed by atoms with Gasteiger partial charge in [0.2, 0.25) is 5.95 Å². The number of aromatic nitrogens is 2. The first-order chi connectivity index (χ1) is 17.8. The summed E-state index contributed by atoms with van der Waals surface area (Å²) in [4.78, 5) is 12.0. The normalized spacial score (nSPS) is 22.8. The number of anilines is 3. The minimum absolute atomic E-state index is 0. The van der Waals surface area contributed by atoms with Crippen LogP contribution in [-0.4, -0.2) is 61.6 Å². The van der Waals surface area contributed by atoms with Crippen molar-refractivity contribution >= 4 is 17.3 Å². The maximum atomic E-state index is 6.28. The number of benzene rings is 2. The van der Waals surface area contributed by atoms with Crippen LogP contribution in [0.15, 0.2) is 42.6 Å². The fourth-order valence-electron chi connectivity index (χ4n) is 5.86. The third-order valence-corrected chi connectivity index (χ3v) is 7.62. The molecular weight excluding hydrogens is 454 g/mol. The number of aryl methyl sites for hydroxylation is 2. The zero-order valence-corrected chi connectivity index (χ0v) is 20.3. The van der Waals surface area contributed by atoms with E-state index in [1.807, 2.05) is 12.3 Å². The van der Waals surface area contributed by atoms with E-state index < -0.39 is 0 Å². The molecule has 8 nitrogen and oxygen atoms in total. The van der Waals surface area contributed by atoms with Gasteiger partial charge in [-0.15, -0.1) is 0 Å². The van der Waals surface area contributed by atoms with Gasteiger partial charge < -0.3 is 29.7 Å². The number of hydrogen-bond acceptors (Lipinski definition) is 8. The maximum Gasteiger partial charge on any atom is 0.227 e. The van der Waals surface area contributed by atoms with Crippen molar-refractivity contribution in [2.45, 2.75) is 37.8 Å². The largest absolute Gasteiger partial charge is 0.491 e. The summed E-state index contributed by atoms with van der Waals surface area (Å²) in [7, 11) is 0. The molecule has 2 fully saturated rings. The lowest BCUT2D eigenvalue weighted by Gasteiger charge is -2.35. The summed E-state index contributed by atoms with van der Waals surface area (Å²) in [5, 5.41) is 7.13. The Kier molecular flexibility index (Phi) is 5.63. The lowest BCUT2D eigenvalue weighted by molar-refractivity contribution is 0.0765. The Hall–Kier alpha value is -3.36. The van der Waals surface area contributed by atoms with Gasteiger partial charge >= 0.3 is 0 Å². The van der Waals surface area contributed by atoms with Crippen molar-refractivity contribution in [2.24, 2.45) is 0 Å². The zero-order valence-electron chi connectivity index (χ0n) is 20.3. The minimum Gasteiger partial charge on any atom is -0.491 e. The van der Waals surface area contributed by atoms with Gasteiger partial charge in [0.05, 0.1) is 24.6 Å². The Morgan fingerprint density at radius 2 is 1.72 bits per heavy atom. The molecule has 0 amide bonds. The number of ether oxygens (including phenoxy) is 3. The SMILES string of the molecule is [HH].c1cc(N2CC3CCC(C2)N3)c2cc1Nc1ncc3c(n1)-c1cc(ccc1CC3)OCCOCCO2. The van der Waals surface area contributed by atoms with E-state index in [9.17, 15) is 0 Å². The Labute approximate surface area is 212 Å². The first-order valence-electron chi connectivity index (χ1n) is 13.0. The lowest BCUT2D eigenvalue weighted by atomic mass is 9.90. The highest BCUT2D eigenvalue weighted by atomic mass is 16.5. The summed E-state index contributed by atoms with van der Waals surface area (Å²) >= 11 is 0. The van der Waals surface area contributed by atoms with Crippen LogP contribution in [0.4, 0.5) is 17.3 Å². The van der Waals surface area contributed by atoms with Crippen molar-refractivity contribution in [3.05, 3.63) is 53.7 Å². The summed E-state index contributed by atoms with van der Waals surface area (Å²) in [6, 6.07) is 13.7. The molecule has 2 unspecified atom stereocenters. The summed E-state index contributed by atoms with van der Waals surface area (Å²) in [6.07, 6.45) is 6.36.